The van der Waals surface area contributed by atoms with Crippen LogP contribution < -0.4 is 9.47 Å². The van der Waals surface area contributed by atoms with E-state index in [0.717, 1.165) is 11.1 Å². The summed E-state index contributed by atoms with van der Waals surface area (Å²) in [7, 11) is 0.230. The fourth-order valence-corrected chi connectivity index (χ4v) is 5.56. The molecule has 2 heterocycles. The minimum atomic E-state index is -4.18. The summed E-state index contributed by atoms with van der Waals surface area (Å²) in [6.45, 7) is 3.35. The fraction of sp³-hybridized carbons (Fsp3) is 0.296. The first-order valence-electron chi connectivity index (χ1n) is 11.8. The van der Waals surface area contributed by atoms with Crippen molar-refractivity contribution in [2.75, 3.05) is 21.3 Å². The number of sulfonamides is 1. The Kier molecular flexibility index (Phi) is 7.70. The number of aromatic nitrogens is 3. The molecule has 0 atom stereocenters. The van der Waals surface area contributed by atoms with Crippen molar-refractivity contribution in [1.82, 2.24) is 19.1 Å². The molecule has 0 amide bonds. The van der Waals surface area contributed by atoms with Crippen LogP contribution in [0.1, 0.15) is 25.0 Å². The first-order valence-corrected chi connectivity index (χ1v) is 13.2. The number of ether oxygens (including phenoxy) is 3. The van der Waals surface area contributed by atoms with Crippen LogP contribution in [-0.2, 0) is 38.2 Å². The number of nitrogens with zero attached hydrogens (tertiary/aromatic N) is 4. The zero-order chi connectivity index (χ0) is 27.5. The quantitative estimate of drug-likeness (QED) is 0.281. The largest absolute Gasteiger partial charge is 0.497 e. The Hall–Kier alpha value is -3.96. The van der Waals surface area contributed by atoms with E-state index in [4.69, 9.17) is 14.2 Å². The molecule has 200 valence electrons. The van der Waals surface area contributed by atoms with Gasteiger partial charge in [0.1, 0.15) is 11.5 Å². The summed E-state index contributed by atoms with van der Waals surface area (Å²) >= 11 is 0. The first-order chi connectivity index (χ1) is 18.1. The fourth-order valence-electron chi connectivity index (χ4n) is 4.06. The van der Waals surface area contributed by atoms with E-state index in [1.807, 2.05) is 24.3 Å². The van der Waals surface area contributed by atoms with E-state index in [1.54, 1.807) is 64.5 Å². The van der Waals surface area contributed by atoms with E-state index in [2.05, 4.69) is 10.1 Å². The smallest absolute Gasteiger partial charge is 0.333 e. The van der Waals surface area contributed by atoms with Crippen LogP contribution in [0.5, 0.6) is 11.5 Å². The van der Waals surface area contributed by atoms with Gasteiger partial charge in [0.2, 0.25) is 5.03 Å². The van der Waals surface area contributed by atoms with Gasteiger partial charge in [0.15, 0.2) is 11.2 Å². The van der Waals surface area contributed by atoms with Crippen LogP contribution in [0, 0.1) is 0 Å². The number of pyridine rings is 1. The summed E-state index contributed by atoms with van der Waals surface area (Å²) < 4.78 is 46.6. The predicted octanol–water partition coefficient (Wildman–Crippen LogP) is 3.75. The lowest BCUT2D eigenvalue weighted by atomic mass is 10.1. The lowest BCUT2D eigenvalue weighted by molar-refractivity contribution is -0.149. The zero-order valence-corrected chi connectivity index (χ0v) is 22.7. The monoisotopic (exact) mass is 538 g/mol. The average Bonchev–Trinajstić information content (AvgIpc) is 3.34. The van der Waals surface area contributed by atoms with Crippen LogP contribution in [0.25, 0.3) is 11.0 Å². The van der Waals surface area contributed by atoms with Gasteiger partial charge in [0.05, 0.1) is 26.7 Å². The summed E-state index contributed by atoms with van der Waals surface area (Å²) in [5.74, 6) is 0.753. The van der Waals surface area contributed by atoms with Gasteiger partial charge in [-0.15, -0.1) is 0 Å². The number of methoxy groups -OCH3 is 3. The highest BCUT2D eigenvalue weighted by atomic mass is 32.2. The molecule has 0 aliphatic rings. The molecule has 4 aromatic rings. The number of fused-ring (bicyclic) bond motifs is 1. The lowest BCUT2D eigenvalue weighted by Crippen LogP contribution is -2.38. The second-order valence-corrected chi connectivity index (χ2v) is 11.0. The van der Waals surface area contributed by atoms with Crippen molar-refractivity contribution in [3.05, 3.63) is 78.0 Å². The summed E-state index contributed by atoms with van der Waals surface area (Å²) in [6, 6.07) is 17.6. The minimum Gasteiger partial charge on any atom is -0.497 e. The molecule has 10 nitrogen and oxygen atoms in total. The van der Waals surface area contributed by atoms with E-state index in [-0.39, 0.29) is 23.8 Å². The van der Waals surface area contributed by atoms with Crippen molar-refractivity contribution >= 4 is 27.0 Å². The highest BCUT2D eigenvalue weighted by molar-refractivity contribution is 7.89. The normalized spacial score (nSPS) is 12.1. The number of hydrogen-bond donors (Lipinski definition) is 0. The second-order valence-electron chi connectivity index (χ2n) is 9.11. The van der Waals surface area contributed by atoms with Crippen molar-refractivity contribution < 1.29 is 27.4 Å². The molecule has 0 N–H and O–H groups in total. The molecular formula is C27H30N4O6S. The van der Waals surface area contributed by atoms with Gasteiger partial charge in [-0.25, -0.2) is 22.9 Å². The Labute approximate surface area is 221 Å². The van der Waals surface area contributed by atoms with Gasteiger partial charge >= 0.3 is 5.97 Å². The third-order valence-corrected chi connectivity index (χ3v) is 7.97. The van der Waals surface area contributed by atoms with Gasteiger partial charge in [0.25, 0.3) is 10.0 Å². The Morgan fingerprint density at radius 2 is 1.42 bits per heavy atom. The molecule has 0 aliphatic carbocycles. The Morgan fingerprint density at radius 3 is 1.89 bits per heavy atom. The van der Waals surface area contributed by atoms with Crippen LogP contribution >= 0.6 is 0 Å². The van der Waals surface area contributed by atoms with Crippen molar-refractivity contribution in [1.29, 1.82) is 0 Å². The number of carbonyl (C=O) groups is 1. The summed E-state index contributed by atoms with van der Waals surface area (Å²) in [5.41, 5.74) is 0.487. The van der Waals surface area contributed by atoms with Gasteiger partial charge in [-0.1, -0.05) is 24.3 Å². The number of benzene rings is 2. The summed E-state index contributed by atoms with van der Waals surface area (Å²) in [5, 5.41) is 4.55. The molecular weight excluding hydrogens is 508 g/mol. The maximum absolute atomic E-state index is 14.2. The van der Waals surface area contributed by atoms with E-state index in [1.165, 1.54) is 22.3 Å². The molecule has 2 aromatic carbocycles. The van der Waals surface area contributed by atoms with Crippen LogP contribution in [0.3, 0.4) is 0 Å². The first kappa shape index (κ1) is 27.1. The van der Waals surface area contributed by atoms with Crippen LogP contribution in [0.15, 0.2) is 71.9 Å². The highest BCUT2D eigenvalue weighted by Gasteiger charge is 2.38. The van der Waals surface area contributed by atoms with Crippen LogP contribution in [0.4, 0.5) is 0 Å². The predicted molar refractivity (Wildman–Crippen MR) is 141 cm³/mol. The molecule has 0 bridgehead atoms. The third kappa shape index (κ3) is 5.20. The summed E-state index contributed by atoms with van der Waals surface area (Å²) in [4.78, 5) is 16.9. The highest BCUT2D eigenvalue weighted by Crippen LogP contribution is 2.31. The molecule has 0 saturated heterocycles. The molecule has 38 heavy (non-hydrogen) atoms. The summed E-state index contributed by atoms with van der Waals surface area (Å²) in [6.07, 6.45) is 1.52. The van der Waals surface area contributed by atoms with E-state index in [0.29, 0.717) is 16.9 Å². The van der Waals surface area contributed by atoms with Crippen molar-refractivity contribution in [2.45, 2.75) is 37.5 Å². The topological polar surface area (TPSA) is 113 Å². The molecule has 0 radical (unpaired) electrons. The molecule has 0 aliphatic heterocycles. The SMILES string of the molecule is COC(=O)C(C)(C)n1nc(S(=O)(=O)N(Cc2ccc(OC)cc2)Cc2ccc(OC)cc2)c2cccnc21. The molecule has 0 saturated carbocycles. The Balaban J connectivity index is 1.83. The van der Waals surface area contributed by atoms with Gasteiger partial charge in [0, 0.05) is 19.3 Å². The third-order valence-electron chi connectivity index (χ3n) is 6.24. The number of carbonyl (C=O) groups excluding carboxylic acids is 1. The van der Waals surface area contributed by atoms with Gasteiger partial charge in [-0.2, -0.15) is 9.40 Å². The average molecular weight is 539 g/mol. The standard InChI is InChI=1S/C27H30N4O6S/c1-27(2,26(32)37-5)31-24-23(7-6-16-28-24)25(29-31)38(33,34)30(17-19-8-12-21(35-3)13-9-19)18-20-10-14-22(36-4)15-11-20/h6-16H,17-18H2,1-5H3. The molecule has 0 unspecified atom stereocenters. The van der Waals surface area contributed by atoms with E-state index in [9.17, 15) is 13.2 Å². The number of hydrogen-bond acceptors (Lipinski definition) is 8. The maximum atomic E-state index is 14.2. The molecule has 0 fully saturated rings. The van der Waals surface area contributed by atoms with Gasteiger partial charge in [-0.05, 0) is 61.4 Å². The van der Waals surface area contributed by atoms with Gasteiger partial charge in [-0.3, -0.25) is 0 Å². The molecule has 2 aromatic heterocycles. The lowest BCUT2D eigenvalue weighted by Gasteiger charge is -2.23. The molecule has 0 spiro atoms. The van der Waals surface area contributed by atoms with Crippen molar-refractivity contribution in [3.8, 4) is 11.5 Å². The van der Waals surface area contributed by atoms with E-state index < -0.39 is 21.5 Å². The Morgan fingerprint density at radius 1 is 0.895 bits per heavy atom. The van der Waals surface area contributed by atoms with Crippen LogP contribution in [-0.4, -0.2) is 54.8 Å². The Bertz CT molecular complexity index is 1480. The van der Waals surface area contributed by atoms with E-state index >= 15 is 0 Å². The van der Waals surface area contributed by atoms with Gasteiger partial charge < -0.3 is 14.2 Å². The molecule has 4 rings (SSSR count). The second kappa shape index (κ2) is 10.8. The zero-order valence-electron chi connectivity index (χ0n) is 21.9. The van der Waals surface area contributed by atoms with Crippen molar-refractivity contribution in [2.24, 2.45) is 0 Å². The number of rotatable bonds is 10. The maximum Gasteiger partial charge on any atom is 0.333 e. The minimum absolute atomic E-state index is 0.0768. The van der Waals surface area contributed by atoms with Crippen molar-refractivity contribution in [3.63, 3.8) is 0 Å². The molecule has 11 heteroatoms. The number of esters is 1. The van der Waals surface area contributed by atoms with Crippen LogP contribution in [0.2, 0.25) is 0 Å².